The molecular weight excluding hydrogens is 470 g/mol. The summed E-state index contributed by atoms with van der Waals surface area (Å²) >= 11 is 0. The second-order valence-corrected chi connectivity index (χ2v) is 12.1. The van der Waals surface area contributed by atoms with Crippen molar-refractivity contribution in [2.75, 3.05) is 0 Å². The third-order valence-electron chi connectivity index (χ3n) is 6.76. The molecule has 0 heterocycles. The van der Waals surface area contributed by atoms with Crippen molar-refractivity contribution in [3.8, 4) is 11.1 Å². The maximum Gasteiger partial charge on any atom is -0.00150 e. The molecule has 0 N–H and O–H groups in total. The van der Waals surface area contributed by atoms with Gasteiger partial charge in [-0.25, -0.2) is 0 Å². The van der Waals surface area contributed by atoms with Crippen LogP contribution in [-0.2, 0) is 0 Å². The summed E-state index contributed by atoms with van der Waals surface area (Å²) < 4.78 is 0. The summed E-state index contributed by atoms with van der Waals surface area (Å²) in [7, 11) is 1.20. The monoisotopic (exact) mass is 498 g/mol. The van der Waals surface area contributed by atoms with Crippen LogP contribution in [0.15, 0.2) is 121 Å². The normalized spacial score (nSPS) is 11.9. The number of rotatable bonds is 5. The van der Waals surface area contributed by atoms with Crippen LogP contribution in [0, 0.1) is 13.8 Å². The Morgan fingerprint density at radius 3 is 1.72 bits per heavy atom. The maximum absolute atomic E-state index is 2.44. The fourth-order valence-corrected chi connectivity index (χ4v) is 7.59. The highest BCUT2D eigenvalue weighted by Crippen LogP contribution is 2.36. The van der Waals surface area contributed by atoms with Crippen LogP contribution in [0.25, 0.3) is 32.7 Å². The molecule has 0 aliphatic rings. The molecule has 2 atom stereocenters. The molecule has 6 rings (SSSR count). The minimum atomic E-state index is 0.587. The van der Waals surface area contributed by atoms with Crippen molar-refractivity contribution in [2.45, 2.75) is 13.8 Å². The summed E-state index contributed by atoms with van der Waals surface area (Å²) in [5.74, 6) is 0. The van der Waals surface area contributed by atoms with Gasteiger partial charge in [-0.05, 0) is 73.8 Å². The first-order chi connectivity index (χ1) is 17.7. The highest BCUT2D eigenvalue weighted by Gasteiger charge is 2.18. The van der Waals surface area contributed by atoms with E-state index in [9.17, 15) is 0 Å². The van der Waals surface area contributed by atoms with Gasteiger partial charge >= 0.3 is 0 Å². The molecule has 0 radical (unpaired) electrons. The quantitative estimate of drug-likeness (QED) is 0.216. The number of hydrogen-bond acceptors (Lipinski definition) is 0. The van der Waals surface area contributed by atoms with Crippen LogP contribution in [0.5, 0.6) is 0 Å². The summed E-state index contributed by atoms with van der Waals surface area (Å²) in [6, 6.07) is 45.0. The second-order valence-electron chi connectivity index (χ2n) is 9.40. The molecule has 36 heavy (non-hydrogen) atoms. The van der Waals surface area contributed by atoms with Crippen LogP contribution < -0.4 is 21.2 Å². The Hall–Kier alpha value is -3.30. The van der Waals surface area contributed by atoms with Gasteiger partial charge in [0.25, 0.3) is 0 Å². The molecule has 0 aromatic heterocycles. The minimum absolute atomic E-state index is 0.587. The Balaban J connectivity index is 1.65. The third kappa shape index (κ3) is 4.60. The zero-order valence-corrected chi connectivity index (χ0v) is 22.5. The van der Waals surface area contributed by atoms with Crippen molar-refractivity contribution in [1.82, 2.24) is 0 Å². The predicted octanol–water partition coefficient (Wildman–Crippen LogP) is 7.54. The van der Waals surface area contributed by atoms with Gasteiger partial charge in [0, 0.05) is 0 Å². The summed E-state index contributed by atoms with van der Waals surface area (Å²) in [5, 5.41) is 10.9. The van der Waals surface area contributed by atoms with Crippen molar-refractivity contribution >= 4 is 59.9 Å². The molecule has 174 valence electrons. The molecule has 0 amide bonds. The van der Waals surface area contributed by atoms with E-state index in [-0.39, 0.29) is 0 Å². The maximum atomic E-state index is 2.44. The third-order valence-corrected chi connectivity index (χ3v) is 9.69. The smallest absolute Gasteiger partial charge is 0.00150 e. The highest BCUT2D eigenvalue weighted by molar-refractivity contribution is 7.62. The topological polar surface area (TPSA) is 0 Å². The Morgan fingerprint density at radius 1 is 0.472 bits per heavy atom. The zero-order chi connectivity index (χ0) is 24.5. The summed E-state index contributed by atoms with van der Waals surface area (Å²) in [6.45, 7) is 4.32. The molecule has 2 heteroatoms. The van der Waals surface area contributed by atoms with E-state index in [0.717, 1.165) is 0 Å². The number of hydrogen-bond donors (Lipinski definition) is 0. The molecule has 2 unspecified atom stereocenters. The minimum Gasteiger partial charge on any atom is -0.0616 e. The van der Waals surface area contributed by atoms with E-state index in [1.807, 2.05) is 0 Å². The van der Waals surface area contributed by atoms with Gasteiger partial charge in [0.05, 0.1) is 0 Å². The molecule has 6 aromatic rings. The fourth-order valence-electron chi connectivity index (χ4n) is 4.87. The average molecular weight is 499 g/mol. The van der Waals surface area contributed by atoms with E-state index in [0.29, 0.717) is 17.2 Å². The van der Waals surface area contributed by atoms with Crippen LogP contribution in [-0.4, -0.2) is 0 Å². The van der Waals surface area contributed by atoms with Crippen LogP contribution in [0.3, 0.4) is 0 Å². The Kier molecular flexibility index (Phi) is 6.41. The first-order valence-corrected chi connectivity index (χ1v) is 14.4. The standard InChI is InChI=1S/C34H28P2/c1-23-14-18-27(19-15-23)35-32-22-26-9-4-6-12-30(26)33(34(32)36-28-20-16-24(2)17-21-28)31-13-7-10-25-8-3-5-11-29(25)31/h3-22,35-36H,1-2H3. The molecule has 0 saturated heterocycles. The van der Waals surface area contributed by atoms with E-state index in [1.54, 1.807) is 0 Å². The molecule has 6 aromatic carbocycles. The SMILES string of the molecule is Cc1ccc(Pc2cc3ccccc3c(-c3cccc4ccccc34)c2Pc2ccc(C)cc2)cc1. The molecule has 0 fully saturated rings. The largest absolute Gasteiger partial charge is 0.0616 e. The highest BCUT2D eigenvalue weighted by atomic mass is 31.1. The summed E-state index contributed by atoms with van der Waals surface area (Å²) in [5.41, 5.74) is 5.33. The fraction of sp³-hybridized carbons (Fsp3) is 0.0588. The van der Waals surface area contributed by atoms with E-state index < -0.39 is 0 Å². The molecule has 0 aliphatic heterocycles. The van der Waals surface area contributed by atoms with Crippen molar-refractivity contribution in [3.63, 3.8) is 0 Å². The number of benzene rings is 6. The van der Waals surface area contributed by atoms with Gasteiger partial charge in [-0.15, -0.1) is 0 Å². The van der Waals surface area contributed by atoms with Crippen LogP contribution in [0.4, 0.5) is 0 Å². The zero-order valence-electron chi connectivity index (χ0n) is 20.5. The van der Waals surface area contributed by atoms with Gasteiger partial charge in [-0.1, -0.05) is 144 Å². The molecule has 0 aliphatic carbocycles. The molecular formula is C34H28P2. The van der Waals surface area contributed by atoms with E-state index in [4.69, 9.17) is 0 Å². The molecule has 0 bridgehead atoms. The molecule has 0 saturated carbocycles. The van der Waals surface area contributed by atoms with Gasteiger partial charge in [0.1, 0.15) is 0 Å². The van der Waals surface area contributed by atoms with Gasteiger partial charge in [0.15, 0.2) is 0 Å². The first kappa shape index (κ1) is 23.1. The van der Waals surface area contributed by atoms with Gasteiger partial charge in [0.2, 0.25) is 0 Å². The van der Waals surface area contributed by atoms with E-state index in [1.165, 1.54) is 65.0 Å². The second kappa shape index (κ2) is 9.99. The van der Waals surface area contributed by atoms with Crippen molar-refractivity contribution in [3.05, 3.63) is 132 Å². The number of aryl methyl sites for hydroxylation is 2. The predicted molar refractivity (Wildman–Crippen MR) is 164 cm³/mol. The van der Waals surface area contributed by atoms with Crippen molar-refractivity contribution in [1.29, 1.82) is 0 Å². The van der Waals surface area contributed by atoms with Crippen molar-refractivity contribution in [2.24, 2.45) is 0 Å². The Morgan fingerprint density at radius 2 is 1.03 bits per heavy atom. The lowest BCUT2D eigenvalue weighted by molar-refractivity contribution is 1.49. The van der Waals surface area contributed by atoms with Crippen LogP contribution in [0.1, 0.15) is 11.1 Å². The van der Waals surface area contributed by atoms with Gasteiger partial charge < -0.3 is 0 Å². The van der Waals surface area contributed by atoms with Gasteiger partial charge in [-0.2, -0.15) is 0 Å². The average Bonchev–Trinajstić information content (AvgIpc) is 2.91. The molecule has 0 spiro atoms. The number of fused-ring (bicyclic) bond motifs is 2. The molecule has 0 nitrogen and oxygen atoms in total. The van der Waals surface area contributed by atoms with E-state index >= 15 is 0 Å². The van der Waals surface area contributed by atoms with Gasteiger partial charge in [-0.3, -0.25) is 0 Å². The van der Waals surface area contributed by atoms with Crippen LogP contribution in [0.2, 0.25) is 0 Å². The summed E-state index contributed by atoms with van der Waals surface area (Å²) in [4.78, 5) is 0. The van der Waals surface area contributed by atoms with Crippen LogP contribution >= 0.6 is 17.2 Å². The van der Waals surface area contributed by atoms with E-state index in [2.05, 4.69) is 135 Å². The van der Waals surface area contributed by atoms with Crippen molar-refractivity contribution < 1.29 is 0 Å². The first-order valence-electron chi connectivity index (χ1n) is 12.4. The lowest BCUT2D eigenvalue weighted by atomic mass is 9.94. The Bertz CT molecular complexity index is 1670. The lowest BCUT2D eigenvalue weighted by Gasteiger charge is -2.20. The Labute approximate surface area is 217 Å². The summed E-state index contributed by atoms with van der Waals surface area (Å²) in [6.07, 6.45) is 0. The lowest BCUT2D eigenvalue weighted by Crippen LogP contribution is -2.23.